The van der Waals surface area contributed by atoms with E-state index in [1.54, 1.807) is 0 Å². The number of alkyl halides is 3. The highest BCUT2D eigenvalue weighted by molar-refractivity contribution is 6.03. The number of carboxylic acid groups (broad SMARTS) is 1. The number of halogens is 3. The summed E-state index contributed by atoms with van der Waals surface area (Å²) in [5.41, 5.74) is 4.13. The molecule has 11 heteroatoms. The lowest BCUT2D eigenvalue weighted by Crippen LogP contribution is -2.53. The molecule has 1 atom stereocenters. The van der Waals surface area contributed by atoms with Gasteiger partial charge in [-0.1, -0.05) is 18.2 Å². The summed E-state index contributed by atoms with van der Waals surface area (Å²) in [7, 11) is 0. The number of aliphatic carboxylic acids is 1. The predicted octanol–water partition coefficient (Wildman–Crippen LogP) is 3.40. The van der Waals surface area contributed by atoms with E-state index >= 15 is 0 Å². The molecule has 0 saturated carbocycles. The molecule has 1 unspecified atom stereocenters. The molecule has 0 aromatic heterocycles. The second kappa shape index (κ2) is 8.66. The van der Waals surface area contributed by atoms with Gasteiger partial charge in [-0.15, -0.1) is 0 Å². The van der Waals surface area contributed by atoms with Gasteiger partial charge in [0.25, 0.3) is 0 Å². The monoisotopic (exact) mass is 458 g/mol. The van der Waals surface area contributed by atoms with Crippen molar-refractivity contribution in [2.45, 2.75) is 19.1 Å². The van der Waals surface area contributed by atoms with Crippen LogP contribution in [0.4, 0.5) is 23.7 Å². The minimum Gasteiger partial charge on any atom is -0.478 e. The normalized spacial score (nSPS) is 16.6. The lowest BCUT2D eigenvalue weighted by atomic mass is 9.92. The third-order valence-corrected chi connectivity index (χ3v) is 5.09. The number of carboxylic acids is 1. The van der Waals surface area contributed by atoms with Gasteiger partial charge in [-0.25, -0.2) is 9.59 Å². The summed E-state index contributed by atoms with van der Waals surface area (Å²) in [6.07, 6.45) is -4.69. The summed E-state index contributed by atoms with van der Waals surface area (Å²) in [4.78, 5) is 39.0. The van der Waals surface area contributed by atoms with Crippen LogP contribution >= 0.6 is 0 Å². The van der Waals surface area contributed by atoms with E-state index in [-0.39, 0.29) is 28.1 Å². The number of primary amides is 1. The quantitative estimate of drug-likeness (QED) is 0.710. The summed E-state index contributed by atoms with van der Waals surface area (Å²) in [5.74, 6) is -2.39. The Morgan fingerprint density at radius 3 is 2.33 bits per heavy atom. The molecule has 1 aliphatic rings. The van der Waals surface area contributed by atoms with E-state index in [0.29, 0.717) is 6.07 Å². The van der Waals surface area contributed by atoms with Gasteiger partial charge in [0.1, 0.15) is 6.54 Å². The van der Waals surface area contributed by atoms with Crippen LogP contribution in [0.2, 0.25) is 0 Å². The molecule has 1 heterocycles. The number of nitrogens with zero attached hydrogens (tertiary/aromatic N) is 3. The van der Waals surface area contributed by atoms with Gasteiger partial charge >= 0.3 is 18.2 Å². The average molecular weight is 458 g/mol. The number of carbonyl (C=O) groups excluding carboxylic acids is 2. The Kier molecular flexibility index (Phi) is 6.12. The second-order valence-corrected chi connectivity index (χ2v) is 7.20. The number of urea groups is 1. The molecule has 3 amide bonds. The highest BCUT2D eigenvalue weighted by Crippen LogP contribution is 2.40. The minimum absolute atomic E-state index is 0.123. The van der Waals surface area contributed by atoms with E-state index in [0.717, 1.165) is 21.9 Å². The average Bonchev–Trinajstić information content (AvgIpc) is 2.74. The first-order chi connectivity index (χ1) is 15.5. The second-order valence-electron chi connectivity index (χ2n) is 7.20. The van der Waals surface area contributed by atoms with E-state index in [2.05, 4.69) is 0 Å². The SMILES string of the molecule is CC1=C(C(=O)O)C(c2ccc(C#N)cc2)N(CC(N)=O)C(=O)N1c1cccc(C(F)(F)F)c1. The van der Waals surface area contributed by atoms with E-state index < -0.39 is 42.2 Å². The zero-order valence-electron chi connectivity index (χ0n) is 17.1. The van der Waals surface area contributed by atoms with Crippen LogP contribution in [0.25, 0.3) is 0 Å². The standard InChI is InChI=1S/C22H17F3N4O4/c1-12-18(20(31)32)19(14-7-5-13(10-26)6-8-14)28(11-17(27)30)21(33)29(12)16-4-2-3-15(9-16)22(23,24)25/h2-9,19H,11H2,1H3,(H2,27,30)(H,31,32). The van der Waals surface area contributed by atoms with Crippen molar-refractivity contribution in [1.82, 2.24) is 4.90 Å². The number of nitriles is 1. The Morgan fingerprint density at radius 2 is 1.82 bits per heavy atom. The van der Waals surface area contributed by atoms with Crippen LogP contribution in [-0.4, -0.2) is 34.5 Å². The third kappa shape index (κ3) is 4.50. The van der Waals surface area contributed by atoms with Gasteiger partial charge in [-0.3, -0.25) is 9.69 Å². The van der Waals surface area contributed by atoms with Crippen molar-refractivity contribution in [2.75, 3.05) is 11.4 Å². The highest BCUT2D eigenvalue weighted by atomic mass is 19.4. The van der Waals surface area contributed by atoms with Crippen molar-refractivity contribution in [3.63, 3.8) is 0 Å². The van der Waals surface area contributed by atoms with Gasteiger partial charge in [0.2, 0.25) is 5.91 Å². The number of anilines is 1. The van der Waals surface area contributed by atoms with E-state index in [4.69, 9.17) is 11.0 Å². The molecule has 2 aromatic carbocycles. The summed E-state index contributed by atoms with van der Waals surface area (Å²) in [6.45, 7) is 0.600. The van der Waals surface area contributed by atoms with Crippen molar-refractivity contribution in [3.05, 3.63) is 76.5 Å². The molecule has 8 nitrogen and oxygen atoms in total. The lowest BCUT2D eigenvalue weighted by molar-refractivity contribution is -0.137. The Bertz CT molecular complexity index is 1200. The van der Waals surface area contributed by atoms with Gasteiger partial charge < -0.3 is 15.7 Å². The molecule has 3 rings (SSSR count). The molecule has 0 radical (unpaired) electrons. The molecule has 2 aromatic rings. The van der Waals surface area contributed by atoms with Gasteiger partial charge in [-0.05, 0) is 42.8 Å². The topological polar surface area (TPSA) is 128 Å². The summed E-state index contributed by atoms with van der Waals surface area (Å²) in [5, 5.41) is 19.0. The van der Waals surface area contributed by atoms with Crippen molar-refractivity contribution < 1.29 is 32.7 Å². The van der Waals surface area contributed by atoms with Crippen LogP contribution in [-0.2, 0) is 15.8 Å². The van der Waals surface area contributed by atoms with Gasteiger partial charge in [0.05, 0.1) is 34.5 Å². The van der Waals surface area contributed by atoms with Crippen LogP contribution in [0.1, 0.15) is 29.7 Å². The van der Waals surface area contributed by atoms with Gasteiger partial charge in [0.15, 0.2) is 0 Å². The molecular weight excluding hydrogens is 441 g/mol. The van der Waals surface area contributed by atoms with Crippen LogP contribution in [0, 0.1) is 11.3 Å². The fraction of sp³-hybridized carbons (Fsp3) is 0.182. The molecule has 3 N–H and O–H groups in total. The molecule has 33 heavy (non-hydrogen) atoms. The molecular formula is C22H17F3N4O4. The maximum Gasteiger partial charge on any atom is 0.416 e. The number of benzene rings is 2. The molecule has 170 valence electrons. The van der Waals surface area contributed by atoms with Crippen LogP contribution in [0.5, 0.6) is 0 Å². The Labute approximate surface area is 185 Å². The Balaban J connectivity index is 2.25. The smallest absolute Gasteiger partial charge is 0.416 e. The molecule has 0 saturated heterocycles. The van der Waals surface area contributed by atoms with Crippen molar-refractivity contribution in [2.24, 2.45) is 5.73 Å². The van der Waals surface area contributed by atoms with Gasteiger partial charge in [-0.2, -0.15) is 18.4 Å². The minimum atomic E-state index is -4.69. The number of amides is 3. The predicted molar refractivity (Wildman–Crippen MR) is 109 cm³/mol. The van der Waals surface area contributed by atoms with Crippen LogP contribution < -0.4 is 10.6 Å². The Hall–Kier alpha value is -4.33. The number of hydrogen-bond donors (Lipinski definition) is 2. The summed E-state index contributed by atoms with van der Waals surface area (Å²) < 4.78 is 39.7. The molecule has 0 fully saturated rings. The van der Waals surface area contributed by atoms with E-state index in [1.165, 1.54) is 37.3 Å². The van der Waals surface area contributed by atoms with E-state index in [1.807, 2.05) is 6.07 Å². The first-order valence-electron chi connectivity index (χ1n) is 9.46. The largest absolute Gasteiger partial charge is 0.478 e. The molecule has 0 spiro atoms. The number of allylic oxidation sites excluding steroid dienone is 1. The first-order valence-corrected chi connectivity index (χ1v) is 9.46. The van der Waals surface area contributed by atoms with E-state index in [9.17, 15) is 32.7 Å². The highest BCUT2D eigenvalue weighted by Gasteiger charge is 2.43. The Morgan fingerprint density at radius 1 is 1.18 bits per heavy atom. The van der Waals surface area contributed by atoms with Crippen LogP contribution in [0.15, 0.2) is 59.8 Å². The van der Waals surface area contributed by atoms with Gasteiger partial charge in [0, 0.05) is 5.70 Å². The number of rotatable bonds is 5. The van der Waals surface area contributed by atoms with Crippen molar-refractivity contribution in [1.29, 1.82) is 5.26 Å². The lowest BCUT2D eigenvalue weighted by Gasteiger charge is -2.42. The number of hydrogen-bond acceptors (Lipinski definition) is 4. The summed E-state index contributed by atoms with van der Waals surface area (Å²) in [6, 6.07) is 9.25. The van der Waals surface area contributed by atoms with Crippen molar-refractivity contribution in [3.8, 4) is 6.07 Å². The number of nitrogens with two attached hydrogens (primary N) is 1. The maximum atomic E-state index is 13.4. The fourth-order valence-corrected chi connectivity index (χ4v) is 3.67. The molecule has 0 aliphatic carbocycles. The molecule has 1 aliphatic heterocycles. The first kappa shape index (κ1) is 23.3. The van der Waals surface area contributed by atoms with Crippen molar-refractivity contribution >= 4 is 23.6 Å². The molecule has 0 bridgehead atoms. The zero-order chi connectivity index (χ0) is 24.5. The number of carbonyl (C=O) groups is 3. The third-order valence-electron chi connectivity index (χ3n) is 5.09. The van der Waals surface area contributed by atoms with Crippen LogP contribution in [0.3, 0.4) is 0 Å². The fourth-order valence-electron chi connectivity index (χ4n) is 3.67. The summed E-state index contributed by atoms with van der Waals surface area (Å²) >= 11 is 0. The zero-order valence-corrected chi connectivity index (χ0v) is 17.1. The maximum absolute atomic E-state index is 13.4.